The Balaban J connectivity index is 1.62. The average Bonchev–Trinajstić information content (AvgIpc) is 2.87. The molecule has 0 spiro atoms. The fraction of sp³-hybridized carbons (Fsp3) is 0.400. The van der Waals surface area contributed by atoms with Gasteiger partial charge in [-0.25, -0.2) is 8.42 Å². The molecule has 1 saturated heterocycles. The quantitative estimate of drug-likeness (QED) is 0.562. The number of rotatable bonds is 8. The highest BCUT2D eigenvalue weighted by Gasteiger charge is 2.28. The molecule has 1 N–H and O–H groups in total. The van der Waals surface area contributed by atoms with E-state index in [1.807, 2.05) is 13.0 Å². The van der Waals surface area contributed by atoms with Gasteiger partial charge in [0, 0.05) is 19.0 Å². The minimum Gasteiger partial charge on any atom is -0.494 e. The second-order valence-electron chi connectivity index (χ2n) is 8.15. The normalized spacial score (nSPS) is 18.9. The van der Waals surface area contributed by atoms with E-state index in [1.165, 1.54) is 16.4 Å². The molecule has 9 heteroatoms. The summed E-state index contributed by atoms with van der Waals surface area (Å²) in [6, 6.07) is 11.7. The predicted molar refractivity (Wildman–Crippen MR) is 129 cm³/mol. The van der Waals surface area contributed by atoms with Crippen molar-refractivity contribution in [3.63, 3.8) is 0 Å². The largest absolute Gasteiger partial charge is 0.494 e. The molecule has 2 aliphatic rings. The lowest BCUT2D eigenvalue weighted by molar-refractivity contribution is -0.120. The Morgan fingerprint density at radius 2 is 1.82 bits per heavy atom. The van der Waals surface area contributed by atoms with Gasteiger partial charge in [-0.3, -0.25) is 4.79 Å². The van der Waals surface area contributed by atoms with Crippen LogP contribution in [0.2, 0.25) is 0 Å². The Hall–Kier alpha value is -2.88. The number of hydrogen-bond donors (Lipinski definition) is 1. The molecule has 0 bridgehead atoms. The third kappa shape index (κ3) is 5.78. The van der Waals surface area contributed by atoms with Crippen LogP contribution in [-0.4, -0.2) is 51.5 Å². The highest BCUT2D eigenvalue weighted by atomic mass is 32.2. The van der Waals surface area contributed by atoms with E-state index in [4.69, 9.17) is 14.2 Å². The summed E-state index contributed by atoms with van der Waals surface area (Å²) in [7, 11) is -3.73. The first-order chi connectivity index (χ1) is 16.5. The standard InChI is InChI=1S/C25H30N2O6S/c1-2-32-20-8-10-21(11-9-20)33-24-13-12-22(34(29,30)27-14-16-31-17-15-27)18-23(24)26-25(28)19-6-4-3-5-7-19/h3-4,8-13,18-19H,2,5-7,14-17H2,1H3,(H,26,28)/t19-/m0/s1. The lowest BCUT2D eigenvalue weighted by atomic mass is 9.93. The van der Waals surface area contributed by atoms with Crippen LogP contribution in [0.1, 0.15) is 26.2 Å². The van der Waals surface area contributed by atoms with Gasteiger partial charge in [0.15, 0.2) is 5.75 Å². The summed E-state index contributed by atoms with van der Waals surface area (Å²) in [5, 5.41) is 2.92. The second kappa shape index (κ2) is 11.0. The summed E-state index contributed by atoms with van der Waals surface area (Å²) in [6.07, 6.45) is 6.33. The number of sulfonamides is 1. The van der Waals surface area contributed by atoms with Crippen LogP contribution in [-0.2, 0) is 19.6 Å². The monoisotopic (exact) mass is 486 g/mol. The number of allylic oxidation sites excluding steroid dienone is 2. The summed E-state index contributed by atoms with van der Waals surface area (Å²) in [5.41, 5.74) is 0.322. The number of nitrogens with one attached hydrogen (secondary N) is 1. The van der Waals surface area contributed by atoms with Gasteiger partial charge >= 0.3 is 0 Å². The molecule has 1 atom stereocenters. The molecule has 2 aromatic rings. The Bertz CT molecular complexity index is 1120. The summed E-state index contributed by atoms with van der Waals surface area (Å²) >= 11 is 0. The molecule has 34 heavy (non-hydrogen) atoms. The zero-order valence-corrected chi connectivity index (χ0v) is 20.1. The maximum atomic E-state index is 13.2. The number of anilines is 1. The lowest BCUT2D eigenvalue weighted by Gasteiger charge is -2.26. The van der Waals surface area contributed by atoms with Crippen LogP contribution in [0.3, 0.4) is 0 Å². The molecule has 1 amide bonds. The molecule has 8 nitrogen and oxygen atoms in total. The minimum atomic E-state index is -3.73. The van der Waals surface area contributed by atoms with Crippen molar-refractivity contribution in [2.24, 2.45) is 5.92 Å². The van der Waals surface area contributed by atoms with E-state index >= 15 is 0 Å². The highest BCUT2D eigenvalue weighted by Crippen LogP contribution is 2.34. The summed E-state index contributed by atoms with van der Waals surface area (Å²) in [5.74, 6) is 1.32. The van der Waals surface area contributed by atoms with Crippen molar-refractivity contribution in [3.8, 4) is 17.2 Å². The maximum Gasteiger partial charge on any atom is 0.243 e. The van der Waals surface area contributed by atoms with Crippen molar-refractivity contribution in [1.82, 2.24) is 4.31 Å². The molecule has 1 fully saturated rings. The Morgan fingerprint density at radius 1 is 1.09 bits per heavy atom. The number of nitrogens with zero attached hydrogens (tertiary/aromatic N) is 1. The van der Waals surface area contributed by atoms with E-state index in [1.54, 1.807) is 30.3 Å². The summed E-state index contributed by atoms with van der Waals surface area (Å²) < 4.78 is 44.6. The number of hydrogen-bond acceptors (Lipinski definition) is 6. The fourth-order valence-electron chi connectivity index (χ4n) is 3.96. The van der Waals surface area contributed by atoms with Crippen molar-refractivity contribution in [3.05, 3.63) is 54.6 Å². The van der Waals surface area contributed by atoms with Crippen LogP contribution in [0.25, 0.3) is 0 Å². The lowest BCUT2D eigenvalue weighted by Crippen LogP contribution is -2.40. The van der Waals surface area contributed by atoms with Gasteiger partial charge in [-0.05, 0) is 68.7 Å². The molecule has 1 heterocycles. The van der Waals surface area contributed by atoms with Crippen LogP contribution in [0.15, 0.2) is 59.5 Å². The molecule has 4 rings (SSSR count). The first-order valence-electron chi connectivity index (χ1n) is 11.6. The molecule has 0 unspecified atom stereocenters. The van der Waals surface area contributed by atoms with Crippen LogP contribution >= 0.6 is 0 Å². The van der Waals surface area contributed by atoms with Gasteiger partial charge in [0.2, 0.25) is 15.9 Å². The molecule has 0 radical (unpaired) electrons. The molecule has 1 aliphatic carbocycles. The molecule has 1 aliphatic heterocycles. The van der Waals surface area contributed by atoms with Crippen LogP contribution < -0.4 is 14.8 Å². The number of benzene rings is 2. The summed E-state index contributed by atoms with van der Waals surface area (Å²) in [4.78, 5) is 13.1. The van der Waals surface area contributed by atoms with Crippen LogP contribution in [0, 0.1) is 5.92 Å². The number of ether oxygens (including phenoxy) is 3. The van der Waals surface area contributed by atoms with E-state index in [9.17, 15) is 13.2 Å². The Kier molecular flexibility index (Phi) is 7.87. The number of carbonyl (C=O) groups excluding carboxylic acids is 1. The smallest absolute Gasteiger partial charge is 0.243 e. The average molecular weight is 487 g/mol. The van der Waals surface area contributed by atoms with E-state index in [0.717, 1.165) is 18.6 Å². The molecular weight excluding hydrogens is 456 g/mol. The van der Waals surface area contributed by atoms with Gasteiger partial charge in [-0.1, -0.05) is 12.2 Å². The van der Waals surface area contributed by atoms with Crippen molar-refractivity contribution in [2.75, 3.05) is 38.2 Å². The third-order valence-corrected chi connectivity index (χ3v) is 7.71. The van der Waals surface area contributed by atoms with E-state index < -0.39 is 10.0 Å². The van der Waals surface area contributed by atoms with Gasteiger partial charge < -0.3 is 19.5 Å². The molecule has 0 saturated carbocycles. The van der Waals surface area contributed by atoms with Gasteiger partial charge in [0.05, 0.1) is 30.4 Å². The molecule has 0 aromatic heterocycles. The topological polar surface area (TPSA) is 94.2 Å². The van der Waals surface area contributed by atoms with E-state index in [0.29, 0.717) is 56.5 Å². The first-order valence-corrected chi connectivity index (χ1v) is 13.0. The van der Waals surface area contributed by atoms with Crippen LogP contribution in [0.4, 0.5) is 5.69 Å². The SMILES string of the molecule is CCOc1ccc(Oc2ccc(S(=O)(=O)N3CCOCC3)cc2NC(=O)[C@H]2CC=CCC2)cc1. The van der Waals surface area contributed by atoms with Gasteiger partial charge in [-0.2, -0.15) is 4.31 Å². The third-order valence-electron chi connectivity index (χ3n) is 5.82. The van der Waals surface area contributed by atoms with Gasteiger partial charge in [-0.15, -0.1) is 0 Å². The van der Waals surface area contributed by atoms with Gasteiger partial charge in [0.25, 0.3) is 0 Å². The maximum absolute atomic E-state index is 13.2. The number of morpholine rings is 1. The molecular formula is C25H30N2O6S. The van der Waals surface area contributed by atoms with Crippen molar-refractivity contribution in [1.29, 1.82) is 0 Å². The highest BCUT2D eigenvalue weighted by molar-refractivity contribution is 7.89. The van der Waals surface area contributed by atoms with E-state index in [2.05, 4.69) is 11.4 Å². The molecule has 182 valence electrons. The Morgan fingerprint density at radius 3 is 2.50 bits per heavy atom. The number of amides is 1. The Labute approximate surface area is 200 Å². The zero-order valence-electron chi connectivity index (χ0n) is 19.2. The molecule has 2 aromatic carbocycles. The fourth-order valence-corrected chi connectivity index (χ4v) is 5.39. The predicted octanol–water partition coefficient (Wildman–Crippen LogP) is 4.19. The minimum absolute atomic E-state index is 0.104. The first kappa shape index (κ1) is 24.3. The van der Waals surface area contributed by atoms with Crippen molar-refractivity contribution < 1.29 is 27.4 Å². The second-order valence-corrected chi connectivity index (χ2v) is 10.1. The van der Waals surface area contributed by atoms with Crippen molar-refractivity contribution in [2.45, 2.75) is 31.1 Å². The van der Waals surface area contributed by atoms with Crippen molar-refractivity contribution >= 4 is 21.6 Å². The zero-order chi connectivity index (χ0) is 24.0. The number of carbonyl (C=O) groups is 1. The van der Waals surface area contributed by atoms with Crippen LogP contribution in [0.5, 0.6) is 17.2 Å². The summed E-state index contributed by atoms with van der Waals surface area (Å²) in [6.45, 7) is 3.78. The van der Waals surface area contributed by atoms with Gasteiger partial charge in [0.1, 0.15) is 11.5 Å². The van der Waals surface area contributed by atoms with E-state index in [-0.39, 0.29) is 16.7 Å².